The predicted octanol–water partition coefficient (Wildman–Crippen LogP) is 5.96. The largest absolute Gasteiger partial charge is 0.508 e. The summed E-state index contributed by atoms with van der Waals surface area (Å²) < 4.78 is 12.1. The molecule has 5 rings (SSSR count). The Morgan fingerprint density at radius 1 is 0.879 bits per heavy atom. The van der Waals surface area contributed by atoms with Crippen LogP contribution in [0.3, 0.4) is 0 Å². The standard InChI is InChI=1S/C29H33NO3/c31-24-12-15-28-26(20-24)29(27(21-33-28)22-8-3-1-4-9-22)23-10-13-25(14-11-23)32-19-7-18-30-16-5-2-6-17-30/h1,3-4,8-15,20,27,29,31H,2,5-7,16-19,21H2/t27-,29+/m0/s1. The summed E-state index contributed by atoms with van der Waals surface area (Å²) in [5, 5.41) is 10.2. The van der Waals surface area contributed by atoms with Crippen LogP contribution in [0, 0.1) is 0 Å². The average Bonchev–Trinajstić information content (AvgIpc) is 2.87. The van der Waals surface area contributed by atoms with Crippen LogP contribution in [-0.4, -0.2) is 42.9 Å². The second-order valence-corrected chi connectivity index (χ2v) is 9.20. The number of fused-ring (bicyclic) bond motifs is 1. The number of rotatable bonds is 7. The molecule has 0 unspecified atom stereocenters. The molecule has 1 fully saturated rings. The number of hydrogen-bond donors (Lipinski definition) is 1. The zero-order valence-corrected chi connectivity index (χ0v) is 19.2. The number of nitrogens with zero attached hydrogens (tertiary/aromatic N) is 1. The summed E-state index contributed by atoms with van der Waals surface area (Å²) in [6.45, 7) is 4.95. The first kappa shape index (κ1) is 21.8. The van der Waals surface area contributed by atoms with Crippen molar-refractivity contribution >= 4 is 0 Å². The van der Waals surface area contributed by atoms with Gasteiger partial charge in [0.2, 0.25) is 0 Å². The highest BCUT2D eigenvalue weighted by Gasteiger charge is 2.33. The Morgan fingerprint density at radius 3 is 2.45 bits per heavy atom. The van der Waals surface area contributed by atoms with Gasteiger partial charge in [-0.15, -0.1) is 0 Å². The average molecular weight is 444 g/mol. The fourth-order valence-corrected chi connectivity index (χ4v) is 5.24. The summed E-state index contributed by atoms with van der Waals surface area (Å²) >= 11 is 0. The van der Waals surface area contributed by atoms with Gasteiger partial charge in [0, 0.05) is 23.9 Å². The van der Waals surface area contributed by atoms with Crippen molar-refractivity contribution in [2.24, 2.45) is 0 Å². The fourth-order valence-electron chi connectivity index (χ4n) is 5.24. The molecule has 0 aromatic heterocycles. The smallest absolute Gasteiger partial charge is 0.123 e. The Bertz CT molecular complexity index is 1030. The molecule has 0 aliphatic carbocycles. The van der Waals surface area contributed by atoms with Crippen molar-refractivity contribution in [3.63, 3.8) is 0 Å². The van der Waals surface area contributed by atoms with E-state index in [1.54, 1.807) is 6.07 Å². The van der Waals surface area contributed by atoms with Crippen molar-refractivity contribution in [3.8, 4) is 17.2 Å². The number of likely N-dealkylation sites (tertiary alicyclic amines) is 1. The molecule has 0 spiro atoms. The van der Waals surface area contributed by atoms with Gasteiger partial charge >= 0.3 is 0 Å². The fraction of sp³-hybridized carbons (Fsp3) is 0.379. The molecule has 33 heavy (non-hydrogen) atoms. The third-order valence-electron chi connectivity index (χ3n) is 6.95. The summed E-state index contributed by atoms with van der Waals surface area (Å²) in [4.78, 5) is 2.55. The molecule has 1 saturated heterocycles. The molecule has 1 N–H and O–H groups in total. The van der Waals surface area contributed by atoms with E-state index in [2.05, 4.69) is 53.4 Å². The van der Waals surface area contributed by atoms with Crippen molar-refractivity contribution in [1.82, 2.24) is 4.90 Å². The third-order valence-corrected chi connectivity index (χ3v) is 6.95. The summed E-state index contributed by atoms with van der Waals surface area (Å²) in [6, 6.07) is 24.4. The molecule has 3 aromatic carbocycles. The zero-order valence-electron chi connectivity index (χ0n) is 19.2. The van der Waals surface area contributed by atoms with Gasteiger partial charge in [0.05, 0.1) is 13.2 Å². The molecule has 0 radical (unpaired) electrons. The van der Waals surface area contributed by atoms with Crippen molar-refractivity contribution in [2.75, 3.05) is 32.8 Å². The molecule has 172 valence electrons. The molecule has 2 aliphatic heterocycles. The summed E-state index contributed by atoms with van der Waals surface area (Å²) in [5.74, 6) is 2.32. The zero-order chi connectivity index (χ0) is 22.5. The second kappa shape index (κ2) is 10.3. The molecule has 0 saturated carbocycles. The number of benzene rings is 3. The van der Waals surface area contributed by atoms with E-state index in [1.807, 2.05) is 18.2 Å². The van der Waals surface area contributed by atoms with E-state index in [9.17, 15) is 5.11 Å². The van der Waals surface area contributed by atoms with Gasteiger partial charge in [-0.1, -0.05) is 48.9 Å². The van der Waals surface area contributed by atoms with E-state index < -0.39 is 0 Å². The molecule has 2 atom stereocenters. The molecular formula is C29H33NO3. The van der Waals surface area contributed by atoms with Gasteiger partial charge < -0.3 is 19.5 Å². The summed E-state index contributed by atoms with van der Waals surface area (Å²) in [7, 11) is 0. The Hall–Kier alpha value is -2.98. The summed E-state index contributed by atoms with van der Waals surface area (Å²) in [5.41, 5.74) is 3.49. The maximum Gasteiger partial charge on any atom is 0.123 e. The lowest BCUT2D eigenvalue weighted by Gasteiger charge is -2.34. The second-order valence-electron chi connectivity index (χ2n) is 9.20. The highest BCUT2D eigenvalue weighted by molar-refractivity contribution is 5.51. The van der Waals surface area contributed by atoms with Gasteiger partial charge in [0.25, 0.3) is 0 Å². The van der Waals surface area contributed by atoms with Crippen LogP contribution >= 0.6 is 0 Å². The van der Waals surface area contributed by atoms with Gasteiger partial charge in [-0.05, 0) is 73.8 Å². The number of hydrogen-bond acceptors (Lipinski definition) is 4. The Morgan fingerprint density at radius 2 is 1.67 bits per heavy atom. The lowest BCUT2D eigenvalue weighted by molar-refractivity contribution is 0.205. The van der Waals surface area contributed by atoms with Gasteiger partial charge in [-0.3, -0.25) is 0 Å². The number of aromatic hydroxyl groups is 1. The molecular weight excluding hydrogens is 410 g/mol. The van der Waals surface area contributed by atoms with E-state index in [-0.39, 0.29) is 17.6 Å². The predicted molar refractivity (Wildman–Crippen MR) is 131 cm³/mol. The minimum absolute atomic E-state index is 0.108. The van der Waals surface area contributed by atoms with E-state index in [1.165, 1.54) is 43.5 Å². The van der Waals surface area contributed by atoms with Crippen LogP contribution < -0.4 is 9.47 Å². The van der Waals surface area contributed by atoms with Crippen LogP contribution in [0.4, 0.5) is 0 Å². The maximum atomic E-state index is 10.2. The van der Waals surface area contributed by atoms with Gasteiger partial charge in [-0.25, -0.2) is 0 Å². The third kappa shape index (κ3) is 5.17. The quantitative estimate of drug-likeness (QED) is 0.458. The Labute approximate surface area is 196 Å². The molecule has 2 heterocycles. The summed E-state index contributed by atoms with van der Waals surface area (Å²) in [6.07, 6.45) is 5.10. The van der Waals surface area contributed by atoms with Crippen molar-refractivity contribution in [3.05, 3.63) is 89.5 Å². The first-order valence-electron chi connectivity index (χ1n) is 12.2. The van der Waals surface area contributed by atoms with Crippen LogP contribution in [0.5, 0.6) is 17.2 Å². The first-order chi connectivity index (χ1) is 16.3. The van der Waals surface area contributed by atoms with E-state index in [0.29, 0.717) is 6.61 Å². The van der Waals surface area contributed by atoms with Crippen LogP contribution in [0.25, 0.3) is 0 Å². The van der Waals surface area contributed by atoms with Crippen LogP contribution in [0.1, 0.15) is 54.2 Å². The molecule has 0 amide bonds. The van der Waals surface area contributed by atoms with Crippen molar-refractivity contribution in [1.29, 1.82) is 0 Å². The van der Waals surface area contributed by atoms with Crippen LogP contribution in [-0.2, 0) is 0 Å². The number of piperidine rings is 1. The van der Waals surface area contributed by atoms with Gasteiger partial charge in [0.15, 0.2) is 0 Å². The number of ether oxygens (including phenoxy) is 2. The van der Waals surface area contributed by atoms with Crippen LogP contribution in [0.15, 0.2) is 72.8 Å². The van der Waals surface area contributed by atoms with E-state index >= 15 is 0 Å². The van der Waals surface area contributed by atoms with Crippen LogP contribution in [0.2, 0.25) is 0 Å². The highest BCUT2D eigenvalue weighted by Crippen LogP contribution is 2.47. The lowest BCUT2D eigenvalue weighted by atomic mass is 9.76. The van der Waals surface area contributed by atoms with Gasteiger partial charge in [0.1, 0.15) is 17.2 Å². The minimum atomic E-state index is 0.108. The Balaban J connectivity index is 1.31. The molecule has 3 aromatic rings. The Kier molecular flexibility index (Phi) is 6.82. The number of phenols is 1. The SMILES string of the molecule is Oc1ccc2c(c1)[C@@H](c1ccc(OCCCN3CCCCC3)cc1)[C@H](c1ccccc1)CO2. The maximum absolute atomic E-state index is 10.2. The normalized spacial score (nSPS) is 20.6. The van der Waals surface area contributed by atoms with Crippen molar-refractivity contribution < 1.29 is 14.6 Å². The molecule has 0 bridgehead atoms. The lowest BCUT2D eigenvalue weighted by Crippen LogP contribution is -2.31. The topological polar surface area (TPSA) is 41.9 Å². The highest BCUT2D eigenvalue weighted by atomic mass is 16.5. The van der Waals surface area contributed by atoms with Gasteiger partial charge in [-0.2, -0.15) is 0 Å². The molecule has 4 nitrogen and oxygen atoms in total. The molecule has 4 heteroatoms. The first-order valence-corrected chi connectivity index (χ1v) is 12.2. The van der Waals surface area contributed by atoms with E-state index in [4.69, 9.17) is 9.47 Å². The molecule has 2 aliphatic rings. The monoisotopic (exact) mass is 443 g/mol. The van der Waals surface area contributed by atoms with E-state index in [0.717, 1.165) is 36.6 Å². The minimum Gasteiger partial charge on any atom is -0.508 e. The van der Waals surface area contributed by atoms with Crippen molar-refractivity contribution in [2.45, 2.75) is 37.5 Å². The number of phenolic OH excluding ortho intramolecular Hbond substituents is 1.